The summed E-state index contributed by atoms with van der Waals surface area (Å²) in [6.45, 7) is 10.7. The monoisotopic (exact) mass is 437 g/mol. The van der Waals surface area contributed by atoms with E-state index in [0.717, 1.165) is 5.56 Å². The van der Waals surface area contributed by atoms with E-state index in [0.29, 0.717) is 11.5 Å². The molecule has 0 saturated carbocycles. The van der Waals surface area contributed by atoms with Crippen molar-refractivity contribution in [2.24, 2.45) is 0 Å². The molecule has 0 aromatic heterocycles. The third kappa shape index (κ3) is 6.89. The summed E-state index contributed by atoms with van der Waals surface area (Å²) in [6, 6.07) is 5.31. The Balaban J connectivity index is 3.59. The van der Waals surface area contributed by atoms with Gasteiger partial charge in [-0.1, -0.05) is 12.1 Å². The molecule has 0 saturated heterocycles. The molecule has 1 aromatic rings. The van der Waals surface area contributed by atoms with E-state index in [9.17, 15) is 9.59 Å². The van der Waals surface area contributed by atoms with E-state index in [4.69, 9.17) is 23.7 Å². The Hall–Kier alpha value is -2.74. The largest absolute Gasteiger partial charge is 0.493 e. The molecule has 31 heavy (non-hydrogen) atoms. The zero-order chi connectivity index (χ0) is 23.7. The molecular formula is C23H35NO7. The molecule has 0 fully saturated rings. The lowest BCUT2D eigenvalue weighted by atomic mass is 9.85. The number of carbonyl (C=O) groups is 2. The van der Waals surface area contributed by atoms with Gasteiger partial charge in [0.05, 0.1) is 20.8 Å². The summed E-state index contributed by atoms with van der Waals surface area (Å²) in [5.74, 6) is 0.483. The van der Waals surface area contributed by atoms with E-state index in [1.165, 1.54) is 19.1 Å². The number of hydrogen-bond acceptors (Lipinski definition) is 7. The second-order valence-corrected chi connectivity index (χ2v) is 7.94. The Morgan fingerprint density at radius 3 is 2.23 bits per heavy atom. The van der Waals surface area contributed by atoms with E-state index in [1.807, 2.05) is 0 Å². The van der Waals surface area contributed by atoms with Crippen molar-refractivity contribution in [2.75, 3.05) is 34.7 Å². The molecule has 0 aliphatic rings. The molecule has 0 spiro atoms. The highest BCUT2D eigenvalue weighted by atomic mass is 16.6. The van der Waals surface area contributed by atoms with Crippen molar-refractivity contribution < 1.29 is 33.3 Å². The van der Waals surface area contributed by atoms with Crippen molar-refractivity contribution in [2.45, 2.75) is 51.7 Å². The summed E-state index contributed by atoms with van der Waals surface area (Å²) in [5.41, 5.74) is -1.46. The van der Waals surface area contributed by atoms with Crippen molar-refractivity contribution in [1.82, 2.24) is 4.90 Å². The number of carbonyl (C=O) groups excluding carboxylic acids is 2. The van der Waals surface area contributed by atoms with Crippen LogP contribution in [0.5, 0.6) is 11.5 Å². The quantitative estimate of drug-likeness (QED) is 0.294. The van der Waals surface area contributed by atoms with Crippen LogP contribution in [0.4, 0.5) is 4.79 Å². The average Bonchev–Trinajstić information content (AvgIpc) is 2.70. The number of methoxy groups -OCH3 is 3. The first-order chi connectivity index (χ1) is 14.6. The van der Waals surface area contributed by atoms with Crippen LogP contribution >= 0.6 is 0 Å². The number of benzene rings is 1. The fourth-order valence-corrected chi connectivity index (χ4v) is 3.17. The maximum Gasteiger partial charge on any atom is 0.413 e. The van der Waals surface area contributed by atoms with Gasteiger partial charge in [0.15, 0.2) is 17.0 Å². The molecule has 0 radical (unpaired) electrons. The predicted octanol–water partition coefficient (Wildman–Crippen LogP) is 3.97. The normalized spacial score (nSPS) is 13.0. The van der Waals surface area contributed by atoms with Crippen LogP contribution in [0.25, 0.3) is 0 Å². The fourth-order valence-electron chi connectivity index (χ4n) is 3.17. The highest BCUT2D eigenvalue weighted by molar-refractivity contribution is 5.86. The van der Waals surface area contributed by atoms with Crippen LogP contribution in [0.3, 0.4) is 0 Å². The maximum atomic E-state index is 13.3. The minimum atomic E-state index is -1.43. The third-order valence-corrected chi connectivity index (χ3v) is 4.47. The van der Waals surface area contributed by atoms with Crippen molar-refractivity contribution in [1.29, 1.82) is 0 Å². The van der Waals surface area contributed by atoms with Gasteiger partial charge in [-0.2, -0.15) is 0 Å². The number of amides is 1. The number of esters is 1. The second kappa shape index (κ2) is 11.6. The summed E-state index contributed by atoms with van der Waals surface area (Å²) in [5, 5.41) is 0. The van der Waals surface area contributed by atoms with Gasteiger partial charge in [0, 0.05) is 13.5 Å². The minimum absolute atomic E-state index is 0.126. The van der Waals surface area contributed by atoms with Crippen molar-refractivity contribution >= 4 is 12.1 Å². The molecule has 8 nitrogen and oxygen atoms in total. The third-order valence-electron chi connectivity index (χ3n) is 4.47. The predicted molar refractivity (Wildman–Crippen MR) is 117 cm³/mol. The van der Waals surface area contributed by atoms with Gasteiger partial charge in [0.25, 0.3) is 0 Å². The van der Waals surface area contributed by atoms with Crippen LogP contribution in [0.15, 0.2) is 30.9 Å². The van der Waals surface area contributed by atoms with Gasteiger partial charge in [-0.25, -0.2) is 9.59 Å². The molecule has 0 aliphatic heterocycles. The summed E-state index contributed by atoms with van der Waals surface area (Å²) in [4.78, 5) is 27.7. The number of nitrogens with zero attached hydrogens (tertiary/aromatic N) is 1. The summed E-state index contributed by atoms with van der Waals surface area (Å²) < 4.78 is 26.9. The van der Waals surface area contributed by atoms with Crippen molar-refractivity contribution in [3.63, 3.8) is 0 Å². The minimum Gasteiger partial charge on any atom is -0.493 e. The molecule has 0 heterocycles. The van der Waals surface area contributed by atoms with Crippen LogP contribution in [0, 0.1) is 0 Å². The Bertz CT molecular complexity index is 757. The second-order valence-electron chi connectivity index (χ2n) is 7.94. The standard InChI is InChI=1S/C23H35NO7/c1-9-13-23(20(25)30-10-2,24(16-27-6)21(26)31-22(3,4)5)15-17-11-12-18(28-7)19(14-17)29-8/h9,11-12,14H,1,10,13,15-16H2,2-8H3/t23-/m0/s1. The van der Waals surface area contributed by atoms with Crippen LogP contribution in [0.1, 0.15) is 39.7 Å². The molecule has 1 aromatic carbocycles. The van der Waals surface area contributed by atoms with Crippen LogP contribution in [-0.2, 0) is 25.4 Å². The first-order valence-corrected chi connectivity index (χ1v) is 10.1. The highest BCUT2D eigenvalue weighted by Crippen LogP contribution is 2.33. The van der Waals surface area contributed by atoms with Crippen LogP contribution < -0.4 is 9.47 Å². The SMILES string of the molecule is C=CC[C@](Cc1ccc(OC)c(OC)c1)(C(=O)OCC)N(COC)C(=O)OC(C)(C)C. The van der Waals surface area contributed by atoms with Gasteiger partial charge in [0.2, 0.25) is 0 Å². The van der Waals surface area contributed by atoms with E-state index in [2.05, 4.69) is 6.58 Å². The first kappa shape index (κ1) is 26.3. The van der Waals surface area contributed by atoms with E-state index >= 15 is 0 Å². The Labute approximate surface area is 185 Å². The van der Waals surface area contributed by atoms with Crippen LogP contribution in [-0.4, -0.2) is 62.8 Å². The molecule has 0 aliphatic carbocycles. The molecular weight excluding hydrogens is 402 g/mol. The van der Waals surface area contributed by atoms with E-state index in [1.54, 1.807) is 59.1 Å². The lowest BCUT2D eigenvalue weighted by Gasteiger charge is -2.41. The molecule has 8 heteroatoms. The van der Waals surface area contributed by atoms with Crippen molar-refractivity contribution in [3.05, 3.63) is 36.4 Å². The number of hydrogen-bond donors (Lipinski definition) is 0. The molecule has 0 N–H and O–H groups in total. The van der Waals surface area contributed by atoms with Gasteiger partial charge in [0.1, 0.15) is 12.3 Å². The smallest absolute Gasteiger partial charge is 0.413 e. The van der Waals surface area contributed by atoms with Crippen LogP contribution in [0.2, 0.25) is 0 Å². The summed E-state index contributed by atoms with van der Waals surface area (Å²) in [7, 11) is 4.51. The molecule has 174 valence electrons. The highest BCUT2D eigenvalue weighted by Gasteiger charge is 2.48. The van der Waals surface area contributed by atoms with Gasteiger partial charge in [-0.15, -0.1) is 6.58 Å². The van der Waals surface area contributed by atoms with E-state index < -0.39 is 23.2 Å². The Kier molecular flexibility index (Phi) is 9.84. The van der Waals surface area contributed by atoms with Gasteiger partial charge >= 0.3 is 12.1 Å². The Morgan fingerprint density at radius 2 is 1.74 bits per heavy atom. The summed E-state index contributed by atoms with van der Waals surface area (Å²) >= 11 is 0. The molecule has 0 bridgehead atoms. The molecule has 1 rings (SSSR count). The van der Waals surface area contributed by atoms with E-state index in [-0.39, 0.29) is 26.2 Å². The average molecular weight is 438 g/mol. The number of ether oxygens (including phenoxy) is 5. The zero-order valence-electron chi connectivity index (χ0n) is 19.6. The first-order valence-electron chi connectivity index (χ1n) is 10.1. The molecule has 0 unspecified atom stereocenters. The topological polar surface area (TPSA) is 83.5 Å². The number of rotatable bonds is 11. The van der Waals surface area contributed by atoms with Gasteiger partial charge in [-0.05, 0) is 51.8 Å². The van der Waals surface area contributed by atoms with Crippen molar-refractivity contribution in [3.8, 4) is 11.5 Å². The van der Waals surface area contributed by atoms with Gasteiger partial charge in [-0.3, -0.25) is 4.90 Å². The lowest BCUT2D eigenvalue weighted by Crippen LogP contribution is -2.60. The fraction of sp³-hybridized carbons (Fsp3) is 0.565. The molecule has 1 atom stereocenters. The zero-order valence-corrected chi connectivity index (χ0v) is 19.6. The summed E-state index contributed by atoms with van der Waals surface area (Å²) in [6.07, 6.45) is 1.14. The lowest BCUT2D eigenvalue weighted by molar-refractivity contribution is -0.161. The maximum absolute atomic E-state index is 13.3. The Morgan fingerprint density at radius 1 is 1.10 bits per heavy atom. The molecule has 1 amide bonds. The van der Waals surface area contributed by atoms with Gasteiger partial charge < -0.3 is 23.7 Å².